The summed E-state index contributed by atoms with van der Waals surface area (Å²) >= 11 is 0. The van der Waals surface area contributed by atoms with Gasteiger partial charge in [0, 0.05) is 11.4 Å². The van der Waals surface area contributed by atoms with E-state index in [1.165, 1.54) is 0 Å². The molecule has 78 valence electrons. The minimum atomic E-state index is -0.436. The van der Waals surface area contributed by atoms with Gasteiger partial charge in [0.2, 0.25) is 5.91 Å². The molecule has 0 saturated heterocycles. The number of hydrogen-bond acceptors (Lipinski definition) is 4. The Morgan fingerprint density at radius 1 is 1.53 bits per heavy atom. The highest BCUT2D eigenvalue weighted by atomic mass is 16.1. The van der Waals surface area contributed by atoms with Gasteiger partial charge in [0.25, 0.3) is 0 Å². The first-order valence-corrected chi connectivity index (χ1v) is 4.41. The summed E-state index contributed by atoms with van der Waals surface area (Å²) in [7, 11) is 0. The van der Waals surface area contributed by atoms with E-state index in [1.54, 1.807) is 18.2 Å². The number of rotatable bonds is 4. The summed E-state index contributed by atoms with van der Waals surface area (Å²) < 4.78 is 0. The molecule has 0 heterocycles. The molecule has 0 atom stereocenters. The van der Waals surface area contributed by atoms with Crippen molar-refractivity contribution >= 4 is 17.3 Å². The minimum absolute atomic E-state index is 0.0654. The lowest BCUT2D eigenvalue weighted by atomic mass is 10.1. The third-order valence-corrected chi connectivity index (χ3v) is 1.88. The predicted molar refractivity (Wildman–Crippen MR) is 57.9 cm³/mol. The Hall–Kier alpha value is -2.22. The summed E-state index contributed by atoms with van der Waals surface area (Å²) in [5.74, 6) is -0.436. The number of benzene rings is 1. The van der Waals surface area contributed by atoms with Crippen LogP contribution in [0.2, 0.25) is 0 Å². The summed E-state index contributed by atoms with van der Waals surface area (Å²) in [4.78, 5) is 10.5. The van der Waals surface area contributed by atoms with Gasteiger partial charge in [0.1, 0.15) is 0 Å². The largest absolute Gasteiger partial charge is 0.398 e. The fourth-order valence-electron chi connectivity index (χ4n) is 1.14. The van der Waals surface area contributed by atoms with E-state index in [2.05, 4.69) is 5.32 Å². The molecule has 0 spiro atoms. The molecule has 5 heteroatoms. The number of anilines is 2. The molecule has 0 radical (unpaired) electrons. The Bertz CT molecular complexity index is 408. The zero-order valence-electron chi connectivity index (χ0n) is 8.16. The molecule has 0 aliphatic heterocycles. The van der Waals surface area contributed by atoms with Gasteiger partial charge in [-0.3, -0.25) is 4.79 Å². The number of amides is 1. The zero-order chi connectivity index (χ0) is 11.3. The monoisotopic (exact) mass is 204 g/mol. The van der Waals surface area contributed by atoms with Gasteiger partial charge in [0.15, 0.2) is 0 Å². The van der Waals surface area contributed by atoms with Crippen LogP contribution in [0, 0.1) is 11.3 Å². The lowest BCUT2D eigenvalue weighted by Crippen LogP contribution is -2.21. The van der Waals surface area contributed by atoms with Crippen LogP contribution in [0.4, 0.5) is 11.4 Å². The van der Waals surface area contributed by atoms with Crippen molar-refractivity contribution in [3.8, 4) is 6.07 Å². The number of hydrogen-bond donors (Lipinski definition) is 3. The van der Waals surface area contributed by atoms with E-state index in [1.807, 2.05) is 6.07 Å². The standard InChI is InChI=1S/C10H12N4O/c11-4-3-7-5-8(1-2-9(7)12)14-6-10(13)15/h1-2,5,14H,3,6,12H2,(H2,13,15). The summed E-state index contributed by atoms with van der Waals surface area (Å²) in [6.45, 7) is 0.0654. The minimum Gasteiger partial charge on any atom is -0.398 e. The summed E-state index contributed by atoms with van der Waals surface area (Å²) in [6.07, 6.45) is 0.248. The summed E-state index contributed by atoms with van der Waals surface area (Å²) in [6, 6.07) is 7.18. The molecule has 0 bridgehead atoms. The number of nitrogen functional groups attached to an aromatic ring is 1. The van der Waals surface area contributed by atoms with Crippen LogP contribution in [0.5, 0.6) is 0 Å². The van der Waals surface area contributed by atoms with Crippen LogP contribution in [0.25, 0.3) is 0 Å². The molecule has 1 rings (SSSR count). The molecule has 1 amide bonds. The van der Waals surface area contributed by atoms with Crippen molar-refractivity contribution < 1.29 is 4.79 Å². The number of nitrogens with two attached hydrogens (primary N) is 2. The molecule has 0 saturated carbocycles. The average Bonchev–Trinajstić information content (AvgIpc) is 2.19. The first-order valence-electron chi connectivity index (χ1n) is 4.41. The van der Waals surface area contributed by atoms with E-state index in [0.29, 0.717) is 5.69 Å². The first kappa shape index (κ1) is 10.9. The fraction of sp³-hybridized carbons (Fsp3) is 0.200. The van der Waals surface area contributed by atoms with Crippen LogP contribution < -0.4 is 16.8 Å². The molecule has 0 unspecified atom stereocenters. The van der Waals surface area contributed by atoms with Gasteiger partial charge in [0.05, 0.1) is 19.0 Å². The Morgan fingerprint density at radius 2 is 2.27 bits per heavy atom. The lowest BCUT2D eigenvalue weighted by Gasteiger charge is -2.07. The second kappa shape index (κ2) is 4.86. The van der Waals surface area contributed by atoms with E-state index in [9.17, 15) is 4.79 Å². The van der Waals surface area contributed by atoms with Crippen LogP contribution in [-0.2, 0) is 11.2 Å². The van der Waals surface area contributed by atoms with E-state index >= 15 is 0 Å². The molecule has 0 aromatic heterocycles. The van der Waals surface area contributed by atoms with Crippen molar-refractivity contribution in [3.63, 3.8) is 0 Å². The molecule has 0 fully saturated rings. The van der Waals surface area contributed by atoms with Crippen molar-refractivity contribution in [2.45, 2.75) is 6.42 Å². The van der Waals surface area contributed by atoms with Gasteiger partial charge in [-0.2, -0.15) is 5.26 Å². The molecule has 1 aromatic carbocycles. The van der Waals surface area contributed by atoms with Crippen molar-refractivity contribution in [1.82, 2.24) is 0 Å². The van der Waals surface area contributed by atoms with E-state index in [0.717, 1.165) is 11.3 Å². The van der Waals surface area contributed by atoms with Crippen LogP contribution in [-0.4, -0.2) is 12.5 Å². The molecule has 5 N–H and O–H groups in total. The normalized spacial score (nSPS) is 9.27. The topological polar surface area (TPSA) is 105 Å². The fourth-order valence-corrected chi connectivity index (χ4v) is 1.14. The number of nitrogens with one attached hydrogen (secondary N) is 1. The molecule has 0 aliphatic carbocycles. The number of nitriles is 1. The van der Waals surface area contributed by atoms with Gasteiger partial charge in [-0.25, -0.2) is 0 Å². The number of carbonyl (C=O) groups is 1. The Labute approximate surface area is 87.7 Å². The van der Waals surface area contributed by atoms with Crippen molar-refractivity contribution in [1.29, 1.82) is 5.26 Å². The zero-order valence-corrected chi connectivity index (χ0v) is 8.16. The second-order valence-corrected chi connectivity index (χ2v) is 3.07. The number of carbonyl (C=O) groups excluding carboxylic acids is 1. The molecule has 5 nitrogen and oxygen atoms in total. The molecule has 15 heavy (non-hydrogen) atoms. The van der Waals surface area contributed by atoms with Crippen LogP contribution in [0.3, 0.4) is 0 Å². The number of nitrogens with zero attached hydrogens (tertiary/aromatic N) is 1. The van der Waals surface area contributed by atoms with Crippen LogP contribution in [0.1, 0.15) is 5.56 Å². The van der Waals surface area contributed by atoms with Gasteiger partial charge >= 0.3 is 0 Å². The van der Waals surface area contributed by atoms with E-state index in [-0.39, 0.29) is 13.0 Å². The Morgan fingerprint density at radius 3 is 2.87 bits per heavy atom. The van der Waals surface area contributed by atoms with Crippen LogP contribution >= 0.6 is 0 Å². The molecular formula is C10H12N4O. The maximum absolute atomic E-state index is 10.5. The highest BCUT2D eigenvalue weighted by molar-refractivity contribution is 5.79. The van der Waals surface area contributed by atoms with Gasteiger partial charge < -0.3 is 16.8 Å². The Kier molecular flexibility index (Phi) is 3.52. The van der Waals surface area contributed by atoms with Gasteiger partial charge in [-0.1, -0.05) is 0 Å². The summed E-state index contributed by atoms with van der Waals surface area (Å²) in [5.41, 5.74) is 12.7. The maximum Gasteiger partial charge on any atom is 0.236 e. The van der Waals surface area contributed by atoms with Crippen LogP contribution in [0.15, 0.2) is 18.2 Å². The average molecular weight is 204 g/mol. The van der Waals surface area contributed by atoms with Crippen molar-refractivity contribution in [2.75, 3.05) is 17.6 Å². The molecule has 0 aliphatic rings. The van der Waals surface area contributed by atoms with Crippen molar-refractivity contribution in [2.24, 2.45) is 5.73 Å². The molecule has 1 aromatic rings. The Balaban J connectivity index is 2.79. The SMILES string of the molecule is N#CCc1cc(NCC(N)=O)ccc1N. The lowest BCUT2D eigenvalue weighted by molar-refractivity contribution is -0.116. The third kappa shape index (κ3) is 3.19. The smallest absolute Gasteiger partial charge is 0.236 e. The molecular weight excluding hydrogens is 192 g/mol. The van der Waals surface area contributed by atoms with Gasteiger partial charge in [-0.15, -0.1) is 0 Å². The van der Waals surface area contributed by atoms with E-state index < -0.39 is 5.91 Å². The first-order chi connectivity index (χ1) is 7.13. The van der Waals surface area contributed by atoms with Gasteiger partial charge in [-0.05, 0) is 23.8 Å². The van der Waals surface area contributed by atoms with Crippen molar-refractivity contribution in [3.05, 3.63) is 23.8 Å². The highest BCUT2D eigenvalue weighted by Crippen LogP contribution is 2.17. The van der Waals surface area contributed by atoms with E-state index in [4.69, 9.17) is 16.7 Å². The highest BCUT2D eigenvalue weighted by Gasteiger charge is 2.01. The maximum atomic E-state index is 10.5. The summed E-state index contributed by atoms with van der Waals surface area (Å²) in [5, 5.41) is 11.4. The third-order valence-electron chi connectivity index (χ3n) is 1.88. The quantitative estimate of drug-likeness (QED) is 0.610. The second-order valence-electron chi connectivity index (χ2n) is 3.07. The number of primary amides is 1. The predicted octanol–water partition coefficient (Wildman–Crippen LogP) is 0.232.